The minimum atomic E-state index is -8.06. The van der Waals surface area contributed by atoms with E-state index in [0.29, 0.717) is 0 Å². The maximum absolute atomic E-state index is 14.5. The lowest BCUT2D eigenvalue weighted by atomic mass is 10.2. The molecule has 43 heavy (non-hydrogen) atoms. The molecule has 0 aliphatic heterocycles. The smallest absolute Gasteiger partial charge is 0.437 e. The van der Waals surface area contributed by atoms with Crippen molar-refractivity contribution in [3.63, 3.8) is 0 Å². The Balaban J connectivity index is 2.77. The molecule has 3 nitrogen and oxygen atoms in total. The molecule has 0 amide bonds. The van der Waals surface area contributed by atoms with E-state index in [2.05, 4.69) is 9.47 Å². The van der Waals surface area contributed by atoms with Crippen LogP contribution in [0.4, 0.5) is 96.6 Å². The normalized spacial score (nSPS) is 16.1. The summed E-state index contributed by atoms with van der Waals surface area (Å²) in [4.78, 5) is 0. The van der Waals surface area contributed by atoms with Crippen LogP contribution in [0.25, 0.3) is 0 Å². The second kappa shape index (κ2) is 10.6. The van der Waals surface area contributed by atoms with Gasteiger partial charge in [-0.1, -0.05) is 0 Å². The van der Waals surface area contributed by atoms with Crippen LogP contribution in [0.5, 0.6) is 11.5 Å². The molecule has 0 aliphatic carbocycles. The summed E-state index contributed by atoms with van der Waals surface area (Å²) >= 11 is 0. The Morgan fingerprint density at radius 3 is 0.674 bits per heavy atom. The molecule has 0 radical (unpaired) electrons. The zero-order chi connectivity index (χ0) is 34.0. The van der Waals surface area contributed by atoms with Crippen molar-refractivity contribution < 1.29 is 111 Å². The summed E-state index contributed by atoms with van der Waals surface area (Å²) < 4.78 is 304. The van der Waals surface area contributed by atoms with E-state index in [0.717, 1.165) is 0 Å². The molecule has 2 rings (SSSR count). The summed E-state index contributed by atoms with van der Waals surface area (Å²) in [5.41, 5.74) is 0. The fourth-order valence-electron chi connectivity index (χ4n) is 2.49. The highest BCUT2D eigenvalue weighted by atomic mass is 19.4. The molecule has 0 aromatic heterocycles. The molecule has 244 valence electrons. The topological polar surface area (TPSA) is 27.7 Å². The average molecular weight is 682 g/mol. The Labute approximate surface area is 218 Å². The third kappa shape index (κ3) is 5.49. The molecule has 0 N–H and O–H groups in total. The Hall–Kier alpha value is -3.54. The lowest BCUT2D eigenvalue weighted by Gasteiger charge is -2.39. The van der Waals surface area contributed by atoms with Gasteiger partial charge in [-0.2, -0.15) is 70.2 Å². The van der Waals surface area contributed by atoms with E-state index in [-0.39, 0.29) is 0 Å². The summed E-state index contributed by atoms with van der Waals surface area (Å²) in [6.07, 6.45) is -31.8. The SMILES string of the molecule is Fc1c(F)c(F)c(OC(F)(C(F)(F)F)C(F)(F)OC(F)(F)C(F)(Oc2c(F)c(F)c(F)c(F)c2F)C(F)(F)F)c(F)c1F. The van der Waals surface area contributed by atoms with Crippen molar-refractivity contribution in [2.45, 2.75) is 36.3 Å². The third-order valence-electron chi connectivity index (χ3n) is 4.56. The Morgan fingerprint density at radius 2 is 0.488 bits per heavy atom. The number of rotatable bonds is 8. The van der Waals surface area contributed by atoms with E-state index in [1.54, 1.807) is 4.74 Å². The maximum atomic E-state index is 14.5. The highest BCUT2D eigenvalue weighted by Crippen LogP contribution is 2.55. The molecule has 2 unspecified atom stereocenters. The Kier molecular flexibility index (Phi) is 8.76. The fraction of sp³-hybridized carbons (Fsp3) is 0.333. The quantitative estimate of drug-likeness (QED) is 0.160. The molecule has 25 heteroatoms. The maximum Gasteiger partial charge on any atom is 0.470 e. The summed E-state index contributed by atoms with van der Waals surface area (Å²) in [6, 6.07) is 0. The van der Waals surface area contributed by atoms with Crippen LogP contribution in [0, 0.1) is 58.2 Å². The van der Waals surface area contributed by atoms with E-state index in [4.69, 9.17) is 0 Å². The van der Waals surface area contributed by atoms with Crippen LogP contribution in [0.2, 0.25) is 0 Å². The van der Waals surface area contributed by atoms with Gasteiger partial charge in [0.25, 0.3) is 0 Å². The van der Waals surface area contributed by atoms with Gasteiger partial charge in [0.05, 0.1) is 0 Å². The van der Waals surface area contributed by atoms with E-state index < -0.39 is 106 Å². The third-order valence-corrected chi connectivity index (χ3v) is 4.56. The number of hydrogen-bond donors (Lipinski definition) is 0. The Bertz CT molecular complexity index is 1250. The summed E-state index contributed by atoms with van der Waals surface area (Å²) in [5, 5.41) is 0. The van der Waals surface area contributed by atoms with Gasteiger partial charge in [-0.15, -0.1) is 0 Å². The molecule has 0 saturated heterocycles. The predicted molar refractivity (Wildman–Crippen MR) is 84.5 cm³/mol. The molecule has 2 atom stereocenters. The zero-order valence-corrected chi connectivity index (χ0v) is 18.5. The van der Waals surface area contributed by atoms with Crippen molar-refractivity contribution in [2.24, 2.45) is 0 Å². The molecule has 0 bridgehead atoms. The standard InChI is InChI=1S/C18F22O3/c19-1-3(21)7(25)11(8(26)4(1)22)41-13(29,15(31,32)33)17(37,38)43-18(39,40)14(30,16(34,35)36)42-12-9(27)5(23)2(20)6(24)10(12)28. The lowest BCUT2D eigenvalue weighted by Crippen LogP contribution is -2.67. The van der Waals surface area contributed by atoms with Crippen molar-refractivity contribution in [2.75, 3.05) is 0 Å². The van der Waals surface area contributed by atoms with Crippen LogP contribution in [0.3, 0.4) is 0 Å². The predicted octanol–water partition coefficient (Wildman–Crippen LogP) is 8.19. The highest BCUT2D eigenvalue weighted by Gasteiger charge is 2.84. The van der Waals surface area contributed by atoms with E-state index in [1.165, 1.54) is 0 Å². The van der Waals surface area contributed by atoms with E-state index in [9.17, 15) is 96.6 Å². The lowest BCUT2D eigenvalue weighted by molar-refractivity contribution is -0.525. The van der Waals surface area contributed by atoms with Gasteiger partial charge in [-0.25, -0.2) is 31.1 Å². The van der Waals surface area contributed by atoms with Gasteiger partial charge in [0.15, 0.2) is 0 Å². The molecule has 2 aromatic rings. The minimum absolute atomic E-state index is 1.56. The molecule has 0 spiro atoms. The second-order valence-electron chi connectivity index (χ2n) is 7.32. The van der Waals surface area contributed by atoms with Gasteiger partial charge in [0, 0.05) is 0 Å². The monoisotopic (exact) mass is 682 g/mol. The number of benzene rings is 2. The Morgan fingerprint density at radius 1 is 0.302 bits per heavy atom. The van der Waals surface area contributed by atoms with Crippen molar-refractivity contribution in [3.8, 4) is 11.5 Å². The molecule has 0 aliphatic rings. The van der Waals surface area contributed by atoms with Crippen LogP contribution in [0.1, 0.15) is 0 Å². The first-order chi connectivity index (χ1) is 19.0. The molecular weight excluding hydrogens is 682 g/mol. The number of ether oxygens (including phenoxy) is 3. The number of alkyl halides is 12. The minimum Gasteiger partial charge on any atom is -0.437 e. The van der Waals surface area contributed by atoms with Gasteiger partial charge in [0.2, 0.25) is 69.7 Å². The molecular formula is C18F22O3. The van der Waals surface area contributed by atoms with Crippen molar-refractivity contribution in [1.82, 2.24) is 0 Å². The first kappa shape index (κ1) is 35.7. The van der Waals surface area contributed by atoms with Crippen LogP contribution in [-0.4, -0.2) is 36.3 Å². The van der Waals surface area contributed by atoms with Crippen molar-refractivity contribution >= 4 is 0 Å². The summed E-state index contributed by atoms with van der Waals surface area (Å²) in [5.74, 6) is -58.0. The highest BCUT2D eigenvalue weighted by molar-refractivity contribution is 5.32. The van der Waals surface area contributed by atoms with Gasteiger partial charge >= 0.3 is 36.3 Å². The summed E-state index contributed by atoms with van der Waals surface area (Å²) in [6.45, 7) is 0. The van der Waals surface area contributed by atoms with Crippen LogP contribution < -0.4 is 9.47 Å². The molecule has 0 fully saturated rings. The van der Waals surface area contributed by atoms with Crippen LogP contribution >= 0.6 is 0 Å². The second-order valence-corrected chi connectivity index (χ2v) is 7.32. The van der Waals surface area contributed by atoms with Gasteiger partial charge < -0.3 is 9.47 Å². The molecule has 0 saturated carbocycles. The van der Waals surface area contributed by atoms with Crippen LogP contribution in [-0.2, 0) is 4.74 Å². The van der Waals surface area contributed by atoms with E-state index in [1.807, 2.05) is 0 Å². The molecule has 2 aromatic carbocycles. The van der Waals surface area contributed by atoms with Gasteiger partial charge in [0.1, 0.15) is 0 Å². The van der Waals surface area contributed by atoms with E-state index >= 15 is 0 Å². The number of hydrogen-bond acceptors (Lipinski definition) is 3. The van der Waals surface area contributed by atoms with Crippen LogP contribution in [0.15, 0.2) is 0 Å². The van der Waals surface area contributed by atoms with Gasteiger partial charge in [-0.05, 0) is 0 Å². The average Bonchev–Trinajstić information content (AvgIpc) is 2.86. The van der Waals surface area contributed by atoms with Gasteiger partial charge in [-0.3, -0.25) is 0 Å². The first-order valence-corrected chi connectivity index (χ1v) is 9.38. The zero-order valence-electron chi connectivity index (χ0n) is 18.5. The molecule has 0 heterocycles. The fourth-order valence-corrected chi connectivity index (χ4v) is 2.49. The summed E-state index contributed by atoms with van der Waals surface area (Å²) in [7, 11) is 0. The van der Waals surface area contributed by atoms with Crippen molar-refractivity contribution in [1.29, 1.82) is 0 Å². The largest absolute Gasteiger partial charge is 0.470 e. The van der Waals surface area contributed by atoms with Crippen molar-refractivity contribution in [3.05, 3.63) is 58.2 Å². The first-order valence-electron chi connectivity index (χ1n) is 9.38. The number of halogens is 22.